The molecule has 11 heteroatoms. The molecule has 0 bridgehead atoms. The molecule has 2 N–H and O–H groups in total. The molecule has 204 valence electrons. The Balaban J connectivity index is 1.24. The third-order valence-corrected chi connectivity index (χ3v) is 9.61. The molecule has 5 heterocycles. The Hall–Kier alpha value is -3.57. The first-order chi connectivity index (χ1) is 18.7. The third kappa shape index (κ3) is 4.85. The number of rotatable bonds is 3. The van der Waals surface area contributed by atoms with Crippen LogP contribution in [-0.2, 0) is 15.0 Å². The number of H-pyrrole nitrogens is 1. The van der Waals surface area contributed by atoms with Crippen molar-refractivity contribution in [2.24, 2.45) is 5.92 Å². The van der Waals surface area contributed by atoms with Crippen molar-refractivity contribution in [3.63, 3.8) is 0 Å². The van der Waals surface area contributed by atoms with Crippen molar-refractivity contribution < 1.29 is 14.1 Å². The van der Waals surface area contributed by atoms with Crippen molar-refractivity contribution >= 4 is 50.2 Å². The number of aromatic nitrogens is 3. The fraction of sp³-hybridized carbons (Fsp3) is 0.464. The van der Waals surface area contributed by atoms with Gasteiger partial charge in [0.25, 0.3) is 11.3 Å². The zero-order valence-electron chi connectivity index (χ0n) is 22.3. The van der Waals surface area contributed by atoms with Crippen molar-refractivity contribution in [3.8, 4) is 0 Å². The molecule has 2 aliphatic heterocycles. The fourth-order valence-electron chi connectivity index (χ4n) is 5.69. The number of thiazole rings is 1. The third-order valence-electron chi connectivity index (χ3n) is 8.27. The highest BCUT2D eigenvalue weighted by molar-refractivity contribution is 7.18. The molecular formula is C28H32N6O4S. The van der Waals surface area contributed by atoms with Crippen LogP contribution in [0.25, 0.3) is 21.3 Å². The first-order valence-corrected chi connectivity index (χ1v) is 14.2. The van der Waals surface area contributed by atoms with E-state index in [2.05, 4.69) is 59.5 Å². The first-order valence-electron chi connectivity index (χ1n) is 13.4. The largest absolute Gasteiger partial charge is 0.358 e. The van der Waals surface area contributed by atoms with Crippen LogP contribution >= 0.6 is 11.3 Å². The zero-order chi connectivity index (χ0) is 27.3. The lowest BCUT2D eigenvalue weighted by Crippen LogP contribution is -2.46. The van der Waals surface area contributed by atoms with E-state index in [0.717, 1.165) is 54.6 Å². The van der Waals surface area contributed by atoms with E-state index >= 15 is 0 Å². The molecule has 0 spiro atoms. The summed E-state index contributed by atoms with van der Waals surface area (Å²) in [4.78, 5) is 51.5. The molecule has 0 aliphatic carbocycles. The number of hydrogen-bond acceptors (Lipinski definition) is 8. The maximum Gasteiger partial charge on any atom is 0.313 e. The predicted molar refractivity (Wildman–Crippen MR) is 150 cm³/mol. The van der Waals surface area contributed by atoms with Gasteiger partial charge in [0.05, 0.1) is 33.2 Å². The highest BCUT2D eigenvalue weighted by Gasteiger charge is 2.36. The number of hydrogen-bond donors (Lipinski definition) is 2. The maximum absolute atomic E-state index is 13.4. The number of carbonyl (C=O) groups is 2. The van der Waals surface area contributed by atoms with E-state index in [1.807, 2.05) is 0 Å². The molecule has 0 unspecified atom stereocenters. The van der Waals surface area contributed by atoms with Crippen LogP contribution in [0.5, 0.6) is 0 Å². The molecule has 2 saturated heterocycles. The molecule has 2 atom stereocenters. The summed E-state index contributed by atoms with van der Waals surface area (Å²) in [5.41, 5.74) is 1.97. The second-order valence-corrected chi connectivity index (χ2v) is 12.4. The Bertz CT molecular complexity index is 1620. The van der Waals surface area contributed by atoms with Crippen molar-refractivity contribution in [2.75, 3.05) is 32.0 Å². The number of fused-ring (bicyclic) bond motifs is 2. The predicted octanol–water partition coefficient (Wildman–Crippen LogP) is 4.05. The Morgan fingerprint density at radius 3 is 2.79 bits per heavy atom. The zero-order valence-corrected chi connectivity index (χ0v) is 23.1. The van der Waals surface area contributed by atoms with Gasteiger partial charge < -0.3 is 19.6 Å². The topological polar surface area (TPSA) is 124 Å². The van der Waals surface area contributed by atoms with Crippen molar-refractivity contribution in [1.29, 1.82) is 0 Å². The summed E-state index contributed by atoms with van der Waals surface area (Å²) in [5, 5.41) is 6.20. The molecule has 0 radical (unpaired) electrons. The van der Waals surface area contributed by atoms with Crippen LogP contribution in [0.4, 0.5) is 5.69 Å². The van der Waals surface area contributed by atoms with Crippen LogP contribution in [-0.4, -0.2) is 63.4 Å². The van der Waals surface area contributed by atoms with Crippen molar-refractivity contribution in [3.05, 3.63) is 51.4 Å². The Kier molecular flexibility index (Phi) is 6.50. The van der Waals surface area contributed by atoms with Gasteiger partial charge >= 0.3 is 11.8 Å². The number of likely N-dealkylation sites (tertiary alicyclic amines) is 2. The fourth-order valence-corrected chi connectivity index (χ4v) is 6.84. The second kappa shape index (κ2) is 9.87. The van der Waals surface area contributed by atoms with Crippen LogP contribution in [0, 0.1) is 5.92 Å². The van der Waals surface area contributed by atoms with Gasteiger partial charge in [-0.15, -0.1) is 11.3 Å². The van der Waals surface area contributed by atoms with Crippen LogP contribution in [0.2, 0.25) is 0 Å². The van der Waals surface area contributed by atoms with Gasteiger partial charge in [-0.1, -0.05) is 19.9 Å². The average Bonchev–Trinajstić information content (AvgIpc) is 3.53. The summed E-state index contributed by atoms with van der Waals surface area (Å²) in [6.45, 7) is 7.03. The summed E-state index contributed by atoms with van der Waals surface area (Å²) < 4.78 is 6.10. The Morgan fingerprint density at radius 2 is 2.00 bits per heavy atom. The standard InChI is InChI=1S/C28H32N6O4S/c1-16-4-6-21(17-5-7-22-20(12-17)31-27(39-22)28(2)8-10-33(3)11-9-28)34(15-16)26(37)24(36)30-18-13-19-23(35)32-38-25(19)29-14-18/h5,7,12-14,16,21H,4,6,8-11,15H2,1-3H3,(H,30,36)(H,32,35)/t16-,21+/m0/s1. The summed E-state index contributed by atoms with van der Waals surface area (Å²) >= 11 is 1.76. The minimum Gasteiger partial charge on any atom is -0.358 e. The van der Waals surface area contributed by atoms with Gasteiger partial charge in [0, 0.05) is 12.0 Å². The number of benzene rings is 1. The number of nitrogens with one attached hydrogen (secondary N) is 2. The molecule has 10 nitrogen and oxygen atoms in total. The lowest BCUT2D eigenvalue weighted by Gasteiger charge is -2.38. The molecule has 0 saturated carbocycles. The summed E-state index contributed by atoms with van der Waals surface area (Å²) in [5.74, 6) is -1.09. The van der Waals surface area contributed by atoms with Gasteiger partial charge in [-0.05, 0) is 75.5 Å². The smallest absolute Gasteiger partial charge is 0.313 e. The van der Waals surface area contributed by atoms with Crippen LogP contribution < -0.4 is 10.9 Å². The van der Waals surface area contributed by atoms with Crippen molar-refractivity contribution in [1.82, 2.24) is 24.9 Å². The monoisotopic (exact) mass is 548 g/mol. The minimum absolute atomic E-state index is 0.0793. The van der Waals surface area contributed by atoms with E-state index in [0.29, 0.717) is 6.54 Å². The SMILES string of the molecule is C[C@H]1CC[C@H](c2ccc3sc(C4(C)CCN(C)CC4)nc3c2)N(C(=O)C(=O)Nc2cnc3o[nH]c(=O)c3c2)C1. The summed E-state index contributed by atoms with van der Waals surface area (Å²) in [6.07, 6.45) is 5.27. The van der Waals surface area contributed by atoms with Gasteiger partial charge in [0.15, 0.2) is 0 Å². The average molecular weight is 549 g/mol. The normalized spacial score (nSPS) is 21.9. The first kappa shape index (κ1) is 25.7. The molecule has 4 aromatic rings. The van der Waals surface area contributed by atoms with E-state index in [-0.39, 0.29) is 34.2 Å². The quantitative estimate of drug-likeness (QED) is 0.370. The number of anilines is 1. The Morgan fingerprint density at radius 1 is 1.21 bits per heavy atom. The van der Waals surface area contributed by atoms with E-state index in [1.54, 1.807) is 16.2 Å². The molecule has 6 rings (SSSR count). The molecule has 39 heavy (non-hydrogen) atoms. The van der Waals surface area contributed by atoms with E-state index in [1.165, 1.54) is 17.3 Å². The summed E-state index contributed by atoms with van der Waals surface area (Å²) in [7, 11) is 2.17. The minimum atomic E-state index is -0.762. The van der Waals surface area contributed by atoms with Gasteiger partial charge in [-0.2, -0.15) is 5.16 Å². The van der Waals surface area contributed by atoms with Crippen LogP contribution in [0.1, 0.15) is 56.1 Å². The lowest BCUT2D eigenvalue weighted by atomic mass is 9.81. The number of pyridine rings is 1. The van der Waals surface area contributed by atoms with Gasteiger partial charge in [-0.3, -0.25) is 14.4 Å². The molecule has 2 fully saturated rings. The van der Waals surface area contributed by atoms with E-state index in [9.17, 15) is 14.4 Å². The van der Waals surface area contributed by atoms with Crippen LogP contribution in [0.15, 0.2) is 39.8 Å². The number of aromatic amines is 1. The molecule has 2 amide bonds. The number of amides is 2. The van der Waals surface area contributed by atoms with Crippen molar-refractivity contribution in [2.45, 2.75) is 51.0 Å². The molecular weight excluding hydrogens is 516 g/mol. The Labute approximate surface area is 229 Å². The van der Waals surface area contributed by atoms with E-state index < -0.39 is 17.4 Å². The van der Waals surface area contributed by atoms with Gasteiger partial charge in [0.2, 0.25) is 0 Å². The van der Waals surface area contributed by atoms with Crippen LogP contribution in [0.3, 0.4) is 0 Å². The molecule has 3 aromatic heterocycles. The lowest BCUT2D eigenvalue weighted by molar-refractivity contribution is -0.146. The number of piperidine rings is 2. The molecule has 2 aliphatic rings. The number of nitrogens with zero attached hydrogens (tertiary/aromatic N) is 4. The molecule has 1 aromatic carbocycles. The van der Waals surface area contributed by atoms with Gasteiger partial charge in [0.1, 0.15) is 5.39 Å². The highest BCUT2D eigenvalue weighted by Crippen LogP contribution is 2.40. The van der Waals surface area contributed by atoms with Gasteiger partial charge in [-0.25, -0.2) is 9.97 Å². The second-order valence-electron chi connectivity index (χ2n) is 11.3. The highest BCUT2D eigenvalue weighted by atomic mass is 32.1. The number of carbonyl (C=O) groups excluding carboxylic acids is 2. The van der Waals surface area contributed by atoms with E-state index in [4.69, 9.17) is 9.51 Å². The maximum atomic E-state index is 13.4. The summed E-state index contributed by atoms with van der Waals surface area (Å²) in [6, 6.07) is 7.50.